The Morgan fingerprint density at radius 1 is 0.978 bits per heavy atom. The summed E-state index contributed by atoms with van der Waals surface area (Å²) in [4.78, 5) is 13.3. The van der Waals surface area contributed by atoms with Gasteiger partial charge in [-0.2, -0.15) is 0 Å². The lowest BCUT2D eigenvalue weighted by Gasteiger charge is -2.43. The van der Waals surface area contributed by atoms with Crippen molar-refractivity contribution < 1.29 is 24.5 Å². The lowest BCUT2D eigenvalue weighted by Crippen LogP contribution is -2.44. The number of nitrogens with zero attached hydrogens (tertiary/aromatic N) is 1. The Morgan fingerprint density at radius 2 is 1.67 bits per heavy atom. The molecule has 6 nitrogen and oxygen atoms in total. The second-order valence-corrected chi connectivity index (χ2v) is 15.8. The SMILES string of the molecule is CCCCCc1ccc(-c2cc3c(n2C)=CC(OCC(O)CCC(CO)COC(=O)C(C)(CC(C)(C)C)C(C)(C)C)=CCC=3)cc1. The molecule has 0 saturated heterocycles. The van der Waals surface area contributed by atoms with Gasteiger partial charge in [0.05, 0.1) is 23.5 Å². The van der Waals surface area contributed by atoms with Crippen LogP contribution in [0, 0.1) is 22.2 Å². The molecule has 0 amide bonds. The molecule has 3 unspecified atom stereocenters. The highest BCUT2D eigenvalue weighted by Gasteiger charge is 2.47. The summed E-state index contributed by atoms with van der Waals surface area (Å²) in [5.41, 5.74) is 2.77. The number of esters is 1. The average Bonchev–Trinajstić information content (AvgIpc) is 3.15. The summed E-state index contributed by atoms with van der Waals surface area (Å²) in [6.07, 6.45) is 12.9. The number of allylic oxidation sites excluding steroid dienone is 2. The van der Waals surface area contributed by atoms with E-state index >= 15 is 0 Å². The van der Waals surface area contributed by atoms with E-state index in [4.69, 9.17) is 9.47 Å². The van der Waals surface area contributed by atoms with E-state index in [2.05, 4.69) is 96.5 Å². The van der Waals surface area contributed by atoms with Gasteiger partial charge in [-0.15, -0.1) is 0 Å². The van der Waals surface area contributed by atoms with Crippen LogP contribution >= 0.6 is 0 Å². The van der Waals surface area contributed by atoms with Crippen molar-refractivity contribution in [3.8, 4) is 11.3 Å². The molecular weight excluding hydrogens is 574 g/mol. The highest BCUT2D eigenvalue weighted by molar-refractivity contribution is 5.77. The second kappa shape index (κ2) is 16.3. The maximum absolute atomic E-state index is 13.3. The highest BCUT2D eigenvalue weighted by atomic mass is 16.5. The molecule has 0 aliphatic heterocycles. The Labute approximate surface area is 278 Å². The average molecular weight is 636 g/mol. The molecule has 2 N–H and O–H groups in total. The first-order valence-electron chi connectivity index (χ1n) is 17.3. The van der Waals surface area contributed by atoms with Crippen molar-refractivity contribution in [2.75, 3.05) is 19.8 Å². The zero-order valence-electron chi connectivity index (χ0n) is 30.1. The molecule has 0 spiro atoms. The first kappa shape index (κ1) is 37.6. The monoisotopic (exact) mass is 635 g/mol. The molecule has 1 heterocycles. The third-order valence-corrected chi connectivity index (χ3v) is 9.61. The molecule has 0 radical (unpaired) electrons. The van der Waals surface area contributed by atoms with E-state index in [1.165, 1.54) is 35.6 Å². The van der Waals surface area contributed by atoms with E-state index in [0.29, 0.717) is 19.3 Å². The fraction of sp³-hybridized carbons (Fsp3) is 0.625. The summed E-state index contributed by atoms with van der Waals surface area (Å²) in [6, 6.07) is 11.2. The number of aryl methyl sites for hydroxylation is 1. The number of unbranched alkanes of at least 4 members (excludes halogenated alkanes) is 2. The Balaban J connectivity index is 1.56. The topological polar surface area (TPSA) is 80.9 Å². The molecule has 6 heteroatoms. The van der Waals surface area contributed by atoms with Gasteiger partial charge >= 0.3 is 5.97 Å². The minimum atomic E-state index is -0.702. The number of aliphatic hydroxyl groups excluding tert-OH is 2. The minimum Gasteiger partial charge on any atom is -0.491 e. The van der Waals surface area contributed by atoms with E-state index in [9.17, 15) is 15.0 Å². The molecule has 0 bridgehead atoms. The van der Waals surface area contributed by atoms with Crippen molar-refractivity contribution >= 4 is 18.1 Å². The number of hydrogen-bond donors (Lipinski definition) is 2. The Kier molecular flexibility index (Phi) is 13.4. The van der Waals surface area contributed by atoms with Gasteiger partial charge in [-0.1, -0.05) is 91.6 Å². The van der Waals surface area contributed by atoms with E-state index < -0.39 is 11.5 Å². The van der Waals surface area contributed by atoms with E-state index in [1.54, 1.807) is 0 Å². The van der Waals surface area contributed by atoms with Gasteiger partial charge in [0.1, 0.15) is 12.4 Å². The predicted molar refractivity (Wildman–Crippen MR) is 189 cm³/mol. The number of carbonyl (C=O) groups is 1. The summed E-state index contributed by atoms with van der Waals surface area (Å²) in [5, 5.41) is 23.0. The molecule has 1 aromatic carbocycles. The largest absolute Gasteiger partial charge is 0.491 e. The van der Waals surface area contributed by atoms with Crippen LogP contribution < -0.4 is 10.6 Å². The third-order valence-electron chi connectivity index (χ3n) is 9.61. The second-order valence-electron chi connectivity index (χ2n) is 15.8. The van der Waals surface area contributed by atoms with Crippen LogP contribution in [0.3, 0.4) is 0 Å². The maximum Gasteiger partial charge on any atom is 0.312 e. The zero-order chi connectivity index (χ0) is 34.1. The molecule has 46 heavy (non-hydrogen) atoms. The van der Waals surface area contributed by atoms with E-state index in [-0.39, 0.29) is 42.5 Å². The fourth-order valence-corrected chi connectivity index (χ4v) is 6.27. The van der Waals surface area contributed by atoms with Crippen molar-refractivity contribution in [3.63, 3.8) is 0 Å². The lowest BCUT2D eigenvalue weighted by molar-refractivity contribution is -0.166. The van der Waals surface area contributed by atoms with Gasteiger partial charge in [0.2, 0.25) is 0 Å². The molecule has 1 aliphatic rings. The highest BCUT2D eigenvalue weighted by Crippen LogP contribution is 2.47. The van der Waals surface area contributed by atoms with Crippen molar-refractivity contribution in [2.24, 2.45) is 29.2 Å². The predicted octanol–water partition coefficient (Wildman–Crippen LogP) is 7.07. The summed E-state index contributed by atoms with van der Waals surface area (Å²) >= 11 is 0. The van der Waals surface area contributed by atoms with Gasteiger partial charge in [0.15, 0.2) is 0 Å². The number of aliphatic hydroxyl groups is 2. The number of ether oxygens (including phenoxy) is 2. The number of benzene rings is 1. The zero-order valence-corrected chi connectivity index (χ0v) is 30.1. The number of carbonyl (C=O) groups excluding carboxylic acids is 1. The lowest BCUT2D eigenvalue weighted by atomic mass is 9.61. The van der Waals surface area contributed by atoms with Gasteiger partial charge in [0.25, 0.3) is 0 Å². The molecule has 3 atom stereocenters. The normalized spacial score (nSPS) is 16.2. The van der Waals surface area contributed by atoms with Crippen LogP contribution in [-0.4, -0.2) is 46.7 Å². The van der Waals surface area contributed by atoms with Gasteiger partial charge < -0.3 is 24.3 Å². The Hall–Kier alpha value is -2.83. The van der Waals surface area contributed by atoms with Crippen LogP contribution in [0.1, 0.15) is 106 Å². The Bertz CT molecular complexity index is 1420. The molecule has 0 fully saturated rings. The quantitative estimate of drug-likeness (QED) is 0.152. The first-order chi connectivity index (χ1) is 21.6. The number of rotatable bonds is 16. The summed E-state index contributed by atoms with van der Waals surface area (Å²) in [6.45, 7) is 17.0. The van der Waals surface area contributed by atoms with Gasteiger partial charge in [-0.25, -0.2) is 0 Å². The Morgan fingerprint density at radius 3 is 2.28 bits per heavy atom. The van der Waals surface area contributed by atoms with Crippen LogP contribution in [-0.2, 0) is 27.7 Å². The molecule has 1 aromatic heterocycles. The molecule has 1 aliphatic carbocycles. The van der Waals surface area contributed by atoms with Crippen molar-refractivity contribution in [1.82, 2.24) is 4.57 Å². The summed E-state index contributed by atoms with van der Waals surface area (Å²) in [7, 11) is 2.08. The van der Waals surface area contributed by atoms with Crippen LogP contribution in [0.5, 0.6) is 0 Å². The smallest absolute Gasteiger partial charge is 0.312 e. The van der Waals surface area contributed by atoms with E-state index in [0.717, 1.165) is 29.6 Å². The summed E-state index contributed by atoms with van der Waals surface area (Å²) in [5.74, 6) is 0.263. The van der Waals surface area contributed by atoms with Crippen molar-refractivity contribution in [3.05, 3.63) is 58.3 Å². The molecular formula is C40H61NO5. The number of fused-ring (bicyclic) bond motifs is 1. The first-order valence-corrected chi connectivity index (χ1v) is 17.3. The van der Waals surface area contributed by atoms with Gasteiger partial charge in [-0.05, 0) is 84.8 Å². The molecule has 256 valence electrons. The van der Waals surface area contributed by atoms with Gasteiger partial charge in [0, 0.05) is 31.3 Å². The van der Waals surface area contributed by atoms with Crippen molar-refractivity contribution in [2.45, 2.75) is 113 Å². The van der Waals surface area contributed by atoms with E-state index in [1.807, 2.05) is 19.1 Å². The molecule has 3 rings (SSSR count). The van der Waals surface area contributed by atoms with Crippen molar-refractivity contribution in [1.29, 1.82) is 0 Å². The van der Waals surface area contributed by atoms with Crippen LogP contribution in [0.15, 0.2) is 42.2 Å². The minimum absolute atomic E-state index is 0.0342. The number of hydrogen-bond acceptors (Lipinski definition) is 5. The third kappa shape index (κ3) is 10.3. The molecule has 0 saturated carbocycles. The van der Waals surface area contributed by atoms with Crippen LogP contribution in [0.25, 0.3) is 23.4 Å². The standard InChI is InChI=1S/C40H61NO5/c1-10-11-12-14-29-17-20-31(21-18-29)35-23-32-15-13-16-34(24-36(32)41(35)9)45-27-33(43)22-19-30(25-42)26-46-37(44)40(8,39(5,6)7)28-38(2,3)4/h15-18,20-21,23-24,30,33,42-43H,10-14,19,22,25-28H2,1-9H3. The van der Waals surface area contributed by atoms with Crippen LogP contribution in [0.4, 0.5) is 0 Å². The fourth-order valence-electron chi connectivity index (χ4n) is 6.27. The van der Waals surface area contributed by atoms with Gasteiger partial charge in [-0.3, -0.25) is 4.79 Å². The molecule has 2 aromatic rings. The maximum atomic E-state index is 13.3. The number of aromatic nitrogens is 1. The van der Waals surface area contributed by atoms with Crippen LogP contribution in [0.2, 0.25) is 0 Å². The summed E-state index contributed by atoms with van der Waals surface area (Å²) < 4.78 is 14.1.